The van der Waals surface area contributed by atoms with Gasteiger partial charge in [0.1, 0.15) is 5.82 Å². The lowest BCUT2D eigenvalue weighted by atomic mass is 9.97. The van der Waals surface area contributed by atoms with Crippen molar-refractivity contribution in [3.05, 3.63) is 66.0 Å². The largest absolute Gasteiger partial charge is 0.378 e. The quantitative estimate of drug-likeness (QED) is 0.726. The average molecular weight is 384 g/mol. The highest BCUT2D eigenvalue weighted by Gasteiger charge is 2.37. The van der Waals surface area contributed by atoms with Crippen molar-refractivity contribution in [2.45, 2.75) is 38.3 Å². The van der Waals surface area contributed by atoms with Crippen molar-refractivity contribution < 1.29 is 13.9 Å². The molecule has 1 aliphatic heterocycles. The number of hydrogen-bond acceptors (Lipinski definition) is 3. The van der Waals surface area contributed by atoms with Gasteiger partial charge in [-0.1, -0.05) is 49.4 Å². The zero-order chi connectivity index (χ0) is 19.9. The van der Waals surface area contributed by atoms with Crippen LogP contribution in [0.15, 0.2) is 54.6 Å². The van der Waals surface area contributed by atoms with E-state index < -0.39 is 0 Å². The fourth-order valence-electron chi connectivity index (χ4n) is 3.95. The van der Waals surface area contributed by atoms with Crippen LogP contribution in [-0.4, -0.2) is 49.7 Å². The van der Waals surface area contributed by atoms with Gasteiger partial charge in [-0.2, -0.15) is 0 Å². The minimum absolute atomic E-state index is 0.0742. The normalized spacial score (nSPS) is 20.1. The highest BCUT2D eigenvalue weighted by atomic mass is 19.1. The number of methoxy groups -OCH3 is 1. The predicted octanol–water partition coefficient (Wildman–Crippen LogP) is 3.90. The lowest BCUT2D eigenvalue weighted by Crippen LogP contribution is -2.57. The summed E-state index contributed by atoms with van der Waals surface area (Å²) in [6, 6.07) is 16.8. The Morgan fingerprint density at radius 1 is 1.18 bits per heavy atom. The molecule has 2 aromatic rings. The van der Waals surface area contributed by atoms with Crippen LogP contribution in [0.1, 0.15) is 25.3 Å². The second kappa shape index (κ2) is 9.80. The van der Waals surface area contributed by atoms with E-state index in [4.69, 9.17) is 4.74 Å². The van der Waals surface area contributed by atoms with Crippen molar-refractivity contribution in [2.75, 3.05) is 31.6 Å². The number of carbonyl (C=O) groups is 1. The van der Waals surface area contributed by atoms with Gasteiger partial charge in [0.25, 0.3) is 0 Å². The number of ether oxygens (including phenoxy) is 1. The van der Waals surface area contributed by atoms with Gasteiger partial charge in [-0.3, -0.25) is 4.79 Å². The van der Waals surface area contributed by atoms with E-state index in [0.29, 0.717) is 12.1 Å². The van der Waals surface area contributed by atoms with Crippen molar-refractivity contribution in [1.82, 2.24) is 4.90 Å². The van der Waals surface area contributed by atoms with E-state index in [1.165, 1.54) is 11.6 Å². The van der Waals surface area contributed by atoms with E-state index >= 15 is 0 Å². The first-order chi connectivity index (χ1) is 13.6. The summed E-state index contributed by atoms with van der Waals surface area (Å²) in [4.78, 5) is 16.7. The number of benzene rings is 2. The number of amides is 1. The maximum Gasteiger partial charge on any atom is 0.227 e. The van der Waals surface area contributed by atoms with Crippen LogP contribution in [-0.2, 0) is 16.0 Å². The van der Waals surface area contributed by atoms with Crippen LogP contribution in [0.4, 0.5) is 10.1 Å². The average Bonchev–Trinajstić information content (AvgIpc) is 2.74. The number of carbonyl (C=O) groups excluding carboxylic acids is 1. The third-order valence-corrected chi connectivity index (χ3v) is 5.49. The number of nitrogens with zero attached hydrogens (tertiary/aromatic N) is 2. The summed E-state index contributed by atoms with van der Waals surface area (Å²) in [6.45, 7) is 4.35. The summed E-state index contributed by atoms with van der Waals surface area (Å²) in [6.07, 6.45) is 1.92. The topological polar surface area (TPSA) is 32.8 Å². The highest BCUT2D eigenvalue weighted by molar-refractivity contribution is 5.94. The van der Waals surface area contributed by atoms with Gasteiger partial charge in [0, 0.05) is 33.2 Å². The molecule has 1 aliphatic rings. The molecule has 0 radical (unpaired) electrons. The van der Waals surface area contributed by atoms with E-state index in [0.717, 1.165) is 32.5 Å². The van der Waals surface area contributed by atoms with Crippen molar-refractivity contribution in [1.29, 1.82) is 0 Å². The smallest absolute Gasteiger partial charge is 0.227 e. The molecule has 1 saturated heterocycles. The zero-order valence-corrected chi connectivity index (χ0v) is 16.7. The standard InChI is InChI=1S/C23H29FN2O2/c1-3-23(27)26(20-12-8-7-11-19(20)24)21-14-16-25(17-22(21)28-2)15-13-18-9-5-4-6-10-18/h4-12,21-22H,3,13-17H2,1-2H3/t21-,22-/m1/s1. The molecule has 2 aromatic carbocycles. The SMILES string of the molecule is CCC(=O)N(c1ccccc1F)[C@@H]1CCN(CCc2ccccc2)C[C@H]1OC. The van der Waals surface area contributed by atoms with Gasteiger partial charge in [0.05, 0.1) is 17.8 Å². The molecule has 2 atom stereocenters. The van der Waals surface area contributed by atoms with Crippen LogP contribution < -0.4 is 4.90 Å². The summed E-state index contributed by atoms with van der Waals surface area (Å²) < 4.78 is 20.2. The molecular weight excluding hydrogens is 355 g/mol. The summed E-state index contributed by atoms with van der Waals surface area (Å²) in [5, 5.41) is 0. The van der Waals surface area contributed by atoms with Gasteiger partial charge < -0.3 is 14.5 Å². The Kier molecular flexibility index (Phi) is 7.18. The summed E-state index contributed by atoms with van der Waals surface area (Å²) in [7, 11) is 1.67. The molecule has 0 saturated carbocycles. The Bertz CT molecular complexity index is 768. The minimum atomic E-state index is -0.370. The maximum atomic E-state index is 14.5. The molecule has 0 aliphatic carbocycles. The van der Waals surface area contributed by atoms with Crippen LogP contribution >= 0.6 is 0 Å². The van der Waals surface area contributed by atoms with Crippen LogP contribution in [0.3, 0.4) is 0 Å². The van der Waals surface area contributed by atoms with E-state index in [1.54, 1.807) is 30.2 Å². The number of rotatable bonds is 7. The first kappa shape index (κ1) is 20.5. The molecule has 0 bridgehead atoms. The lowest BCUT2D eigenvalue weighted by Gasteiger charge is -2.43. The number of halogens is 1. The van der Waals surface area contributed by atoms with Crippen molar-refractivity contribution >= 4 is 11.6 Å². The minimum Gasteiger partial charge on any atom is -0.378 e. The van der Waals surface area contributed by atoms with Gasteiger partial charge in [0.15, 0.2) is 0 Å². The second-order valence-corrected chi connectivity index (χ2v) is 7.24. The van der Waals surface area contributed by atoms with Crippen LogP contribution in [0.5, 0.6) is 0 Å². The third-order valence-electron chi connectivity index (χ3n) is 5.49. The highest BCUT2D eigenvalue weighted by Crippen LogP contribution is 2.28. The van der Waals surface area contributed by atoms with Gasteiger partial charge in [-0.25, -0.2) is 4.39 Å². The van der Waals surface area contributed by atoms with Crippen molar-refractivity contribution in [3.63, 3.8) is 0 Å². The van der Waals surface area contributed by atoms with Crippen LogP contribution in [0.2, 0.25) is 0 Å². The van der Waals surface area contributed by atoms with E-state index in [-0.39, 0.29) is 23.9 Å². The molecule has 0 spiro atoms. The van der Waals surface area contributed by atoms with Gasteiger partial charge in [-0.15, -0.1) is 0 Å². The Balaban J connectivity index is 1.72. The number of likely N-dealkylation sites (tertiary alicyclic amines) is 1. The zero-order valence-electron chi connectivity index (χ0n) is 16.7. The Morgan fingerprint density at radius 2 is 1.89 bits per heavy atom. The second-order valence-electron chi connectivity index (χ2n) is 7.24. The molecule has 3 rings (SSSR count). The van der Waals surface area contributed by atoms with Gasteiger partial charge >= 0.3 is 0 Å². The monoisotopic (exact) mass is 384 g/mol. The number of hydrogen-bond donors (Lipinski definition) is 0. The predicted molar refractivity (Wildman–Crippen MR) is 110 cm³/mol. The Morgan fingerprint density at radius 3 is 2.57 bits per heavy atom. The maximum absolute atomic E-state index is 14.5. The van der Waals surface area contributed by atoms with Gasteiger partial charge in [0.2, 0.25) is 5.91 Å². The molecule has 1 amide bonds. The van der Waals surface area contributed by atoms with E-state index in [9.17, 15) is 9.18 Å². The van der Waals surface area contributed by atoms with Crippen molar-refractivity contribution in [3.8, 4) is 0 Å². The number of piperidine rings is 1. The molecule has 5 heteroatoms. The first-order valence-corrected chi connectivity index (χ1v) is 9.99. The third kappa shape index (κ3) is 4.78. The molecule has 0 N–H and O–H groups in total. The van der Waals surface area contributed by atoms with Gasteiger partial charge in [-0.05, 0) is 30.5 Å². The fourth-order valence-corrected chi connectivity index (χ4v) is 3.95. The van der Waals surface area contributed by atoms with E-state index in [2.05, 4.69) is 29.2 Å². The molecule has 0 aromatic heterocycles. The molecular formula is C23H29FN2O2. The van der Waals surface area contributed by atoms with Crippen LogP contribution in [0, 0.1) is 5.82 Å². The number of para-hydroxylation sites is 1. The molecule has 0 unspecified atom stereocenters. The lowest BCUT2D eigenvalue weighted by molar-refractivity contribution is -0.120. The first-order valence-electron chi connectivity index (χ1n) is 9.99. The molecule has 4 nitrogen and oxygen atoms in total. The summed E-state index contributed by atoms with van der Waals surface area (Å²) in [5.74, 6) is -0.444. The number of anilines is 1. The summed E-state index contributed by atoms with van der Waals surface area (Å²) >= 11 is 0. The fraction of sp³-hybridized carbons (Fsp3) is 0.435. The molecule has 1 heterocycles. The molecule has 1 fully saturated rings. The van der Waals surface area contributed by atoms with E-state index in [1.807, 2.05) is 13.0 Å². The van der Waals surface area contributed by atoms with Crippen LogP contribution in [0.25, 0.3) is 0 Å². The Hall–Kier alpha value is -2.24. The van der Waals surface area contributed by atoms with Crippen molar-refractivity contribution in [2.24, 2.45) is 0 Å². The Labute approximate surface area is 166 Å². The summed E-state index contributed by atoms with van der Waals surface area (Å²) in [5.41, 5.74) is 1.66. The molecule has 150 valence electrons. The molecule has 28 heavy (non-hydrogen) atoms.